The van der Waals surface area contributed by atoms with Crippen LogP contribution >= 0.6 is 11.3 Å². The molecule has 0 aliphatic heterocycles. The summed E-state index contributed by atoms with van der Waals surface area (Å²) in [5, 5.41) is 3.47. The maximum atomic E-state index is 13.8. The van der Waals surface area contributed by atoms with Crippen LogP contribution in [0.5, 0.6) is 5.75 Å². The van der Waals surface area contributed by atoms with E-state index < -0.39 is 0 Å². The van der Waals surface area contributed by atoms with Crippen LogP contribution in [0.1, 0.15) is 28.3 Å². The first kappa shape index (κ1) is 15.0. The van der Waals surface area contributed by atoms with Gasteiger partial charge in [-0.3, -0.25) is 0 Å². The molecule has 1 aromatic heterocycles. The van der Waals surface area contributed by atoms with Gasteiger partial charge in [0.1, 0.15) is 0 Å². The van der Waals surface area contributed by atoms with Crippen molar-refractivity contribution in [3.63, 3.8) is 0 Å². The van der Waals surface area contributed by atoms with Gasteiger partial charge in [-0.15, -0.1) is 11.3 Å². The molecule has 108 valence electrons. The van der Waals surface area contributed by atoms with Crippen molar-refractivity contribution in [2.45, 2.75) is 26.3 Å². The Kier molecular flexibility index (Phi) is 5.15. The number of hydrogen-bond donors (Lipinski definition) is 1. The summed E-state index contributed by atoms with van der Waals surface area (Å²) in [5.74, 6) is -0.0108. The SMILES string of the molecule is CCNC(Cc1ccc(OC)c(F)c1)c1ccc(C)s1. The lowest BCUT2D eigenvalue weighted by atomic mass is 10.0. The lowest BCUT2D eigenvalue weighted by Crippen LogP contribution is -2.22. The van der Waals surface area contributed by atoms with Crippen LogP contribution in [-0.2, 0) is 6.42 Å². The molecule has 2 nitrogen and oxygen atoms in total. The molecule has 0 spiro atoms. The zero-order chi connectivity index (χ0) is 14.5. The lowest BCUT2D eigenvalue weighted by molar-refractivity contribution is 0.386. The van der Waals surface area contributed by atoms with Crippen molar-refractivity contribution < 1.29 is 9.13 Å². The van der Waals surface area contributed by atoms with Crippen LogP contribution in [0.25, 0.3) is 0 Å². The van der Waals surface area contributed by atoms with Crippen molar-refractivity contribution in [3.05, 3.63) is 51.5 Å². The van der Waals surface area contributed by atoms with Crippen molar-refractivity contribution in [3.8, 4) is 5.75 Å². The van der Waals surface area contributed by atoms with Crippen molar-refractivity contribution in [2.24, 2.45) is 0 Å². The molecule has 0 bridgehead atoms. The minimum atomic E-state index is -0.303. The van der Waals surface area contributed by atoms with E-state index in [1.165, 1.54) is 16.9 Å². The van der Waals surface area contributed by atoms with Crippen LogP contribution in [0.15, 0.2) is 30.3 Å². The number of ether oxygens (including phenoxy) is 1. The summed E-state index contributed by atoms with van der Waals surface area (Å²) in [6, 6.07) is 9.67. The highest BCUT2D eigenvalue weighted by Gasteiger charge is 2.14. The molecule has 1 unspecified atom stereocenters. The van der Waals surface area contributed by atoms with Crippen molar-refractivity contribution in [1.82, 2.24) is 5.32 Å². The molecule has 0 saturated heterocycles. The molecule has 2 aromatic rings. The highest BCUT2D eigenvalue weighted by Crippen LogP contribution is 2.27. The molecule has 20 heavy (non-hydrogen) atoms. The maximum absolute atomic E-state index is 13.8. The molecule has 0 aliphatic rings. The van der Waals surface area contributed by atoms with Crippen LogP contribution in [-0.4, -0.2) is 13.7 Å². The third kappa shape index (κ3) is 3.58. The average molecular weight is 293 g/mol. The molecule has 0 amide bonds. The second kappa shape index (κ2) is 6.86. The Hall–Kier alpha value is -1.39. The Bertz CT molecular complexity index is 567. The van der Waals surface area contributed by atoms with Crippen LogP contribution in [0, 0.1) is 12.7 Å². The van der Waals surface area contributed by atoms with Crippen LogP contribution < -0.4 is 10.1 Å². The van der Waals surface area contributed by atoms with Crippen LogP contribution in [0.4, 0.5) is 4.39 Å². The Balaban J connectivity index is 2.17. The molecule has 2 rings (SSSR count). The molecule has 1 atom stereocenters. The summed E-state index contributed by atoms with van der Waals surface area (Å²) in [4.78, 5) is 2.59. The summed E-state index contributed by atoms with van der Waals surface area (Å²) in [5.41, 5.74) is 0.973. The van der Waals surface area contributed by atoms with Crippen molar-refractivity contribution in [2.75, 3.05) is 13.7 Å². The Morgan fingerprint density at radius 2 is 2.10 bits per heavy atom. The van der Waals surface area contributed by atoms with Gasteiger partial charge in [0.05, 0.1) is 7.11 Å². The molecule has 4 heteroatoms. The number of aryl methyl sites for hydroxylation is 1. The van der Waals surface area contributed by atoms with Gasteiger partial charge in [-0.1, -0.05) is 13.0 Å². The fourth-order valence-electron chi connectivity index (χ4n) is 2.23. The quantitative estimate of drug-likeness (QED) is 0.866. The molecular formula is C16H20FNOS. The van der Waals surface area contributed by atoms with E-state index in [1.807, 2.05) is 6.07 Å². The first-order valence-electron chi connectivity index (χ1n) is 6.76. The van der Waals surface area contributed by atoms with Gasteiger partial charge in [-0.05, 0) is 49.7 Å². The summed E-state index contributed by atoms with van der Waals surface area (Å²) in [6.45, 7) is 5.08. The molecule has 1 N–H and O–H groups in total. The fourth-order valence-corrected chi connectivity index (χ4v) is 3.19. The molecule has 0 saturated carbocycles. The third-order valence-electron chi connectivity index (χ3n) is 3.21. The van der Waals surface area contributed by atoms with E-state index in [-0.39, 0.29) is 11.9 Å². The summed E-state index contributed by atoms with van der Waals surface area (Å²) in [6.07, 6.45) is 0.773. The van der Waals surface area contributed by atoms with E-state index in [2.05, 4.69) is 31.3 Å². The predicted molar refractivity (Wildman–Crippen MR) is 82.1 cm³/mol. The number of likely N-dealkylation sites (N-methyl/N-ethyl adjacent to an activating group) is 1. The van der Waals surface area contributed by atoms with Gasteiger partial charge in [0.25, 0.3) is 0 Å². The van der Waals surface area contributed by atoms with Gasteiger partial charge in [0.2, 0.25) is 0 Å². The van der Waals surface area contributed by atoms with E-state index in [4.69, 9.17) is 4.74 Å². The van der Waals surface area contributed by atoms with Crippen LogP contribution in [0.3, 0.4) is 0 Å². The summed E-state index contributed by atoms with van der Waals surface area (Å²) >= 11 is 1.79. The number of nitrogens with one attached hydrogen (secondary N) is 1. The third-order valence-corrected chi connectivity index (χ3v) is 4.33. The number of methoxy groups -OCH3 is 1. The van der Waals surface area contributed by atoms with E-state index in [9.17, 15) is 4.39 Å². The normalized spacial score (nSPS) is 12.4. The van der Waals surface area contributed by atoms with Gasteiger partial charge < -0.3 is 10.1 Å². The smallest absolute Gasteiger partial charge is 0.165 e. The largest absolute Gasteiger partial charge is 0.494 e. The number of hydrogen-bond acceptors (Lipinski definition) is 3. The molecule has 1 aromatic carbocycles. The number of benzene rings is 1. The Morgan fingerprint density at radius 3 is 2.65 bits per heavy atom. The second-order valence-corrected chi connectivity index (χ2v) is 6.05. The van der Waals surface area contributed by atoms with E-state index >= 15 is 0 Å². The van der Waals surface area contributed by atoms with E-state index in [1.54, 1.807) is 23.5 Å². The maximum Gasteiger partial charge on any atom is 0.165 e. The van der Waals surface area contributed by atoms with Crippen molar-refractivity contribution >= 4 is 11.3 Å². The number of rotatable bonds is 6. The standard InChI is InChI=1S/C16H20FNOS/c1-4-18-14(16-8-5-11(2)20-16)10-12-6-7-15(19-3)13(17)9-12/h5-9,14,18H,4,10H2,1-3H3. The fraction of sp³-hybridized carbons (Fsp3) is 0.375. The minimum absolute atomic E-state index is 0.228. The lowest BCUT2D eigenvalue weighted by Gasteiger charge is -2.17. The Morgan fingerprint density at radius 1 is 1.30 bits per heavy atom. The first-order chi connectivity index (χ1) is 9.63. The van der Waals surface area contributed by atoms with Gasteiger partial charge in [0.15, 0.2) is 11.6 Å². The van der Waals surface area contributed by atoms with Gasteiger partial charge >= 0.3 is 0 Å². The second-order valence-electron chi connectivity index (χ2n) is 4.73. The molecular weight excluding hydrogens is 273 g/mol. The molecule has 0 radical (unpaired) electrons. The summed E-state index contributed by atoms with van der Waals surface area (Å²) < 4.78 is 18.7. The van der Waals surface area contributed by atoms with Crippen LogP contribution in [0.2, 0.25) is 0 Å². The van der Waals surface area contributed by atoms with E-state index in [0.717, 1.165) is 18.5 Å². The average Bonchev–Trinajstić information content (AvgIpc) is 2.85. The summed E-state index contributed by atoms with van der Waals surface area (Å²) in [7, 11) is 1.48. The van der Waals surface area contributed by atoms with Gasteiger partial charge in [-0.2, -0.15) is 0 Å². The predicted octanol–water partition coefficient (Wildman–Crippen LogP) is 4.10. The monoisotopic (exact) mass is 293 g/mol. The van der Waals surface area contributed by atoms with Crippen molar-refractivity contribution in [1.29, 1.82) is 0 Å². The topological polar surface area (TPSA) is 21.3 Å². The van der Waals surface area contributed by atoms with Gasteiger partial charge in [0, 0.05) is 15.8 Å². The number of thiophene rings is 1. The first-order valence-corrected chi connectivity index (χ1v) is 7.57. The number of halogens is 1. The zero-order valence-electron chi connectivity index (χ0n) is 12.1. The Labute approximate surface area is 123 Å². The highest BCUT2D eigenvalue weighted by molar-refractivity contribution is 7.12. The molecule has 0 aliphatic carbocycles. The molecule has 0 fully saturated rings. The minimum Gasteiger partial charge on any atom is -0.494 e. The zero-order valence-corrected chi connectivity index (χ0v) is 12.9. The highest BCUT2D eigenvalue weighted by atomic mass is 32.1. The van der Waals surface area contributed by atoms with E-state index in [0.29, 0.717) is 5.75 Å². The van der Waals surface area contributed by atoms with Gasteiger partial charge in [-0.25, -0.2) is 4.39 Å². The molecule has 1 heterocycles.